The Morgan fingerprint density at radius 2 is 2.25 bits per heavy atom. The number of rotatable bonds is 8. The smallest absolute Gasteiger partial charge is 0.306 e. The zero-order valence-corrected chi connectivity index (χ0v) is 13.0. The Hall–Kier alpha value is -0.700. The average Bonchev–Trinajstić information content (AvgIpc) is 2.45. The molecular formula is C12H25N3O4S. The van der Waals surface area contributed by atoms with Gasteiger partial charge in [-0.3, -0.25) is 4.79 Å². The van der Waals surface area contributed by atoms with Crippen molar-refractivity contribution in [1.82, 2.24) is 14.3 Å². The molecule has 1 fully saturated rings. The first kappa shape index (κ1) is 17.4. The van der Waals surface area contributed by atoms with Gasteiger partial charge in [0.15, 0.2) is 0 Å². The van der Waals surface area contributed by atoms with Crippen LogP contribution in [0.5, 0.6) is 0 Å². The third-order valence-corrected chi connectivity index (χ3v) is 5.08. The molecule has 0 radical (unpaired) electrons. The maximum Gasteiger partial charge on any atom is 0.306 e. The van der Waals surface area contributed by atoms with E-state index in [0.29, 0.717) is 12.5 Å². The highest BCUT2D eigenvalue weighted by atomic mass is 32.2. The summed E-state index contributed by atoms with van der Waals surface area (Å²) in [6.45, 7) is 2.56. The fraction of sp³-hybridized carbons (Fsp3) is 0.917. The molecule has 0 aromatic heterocycles. The molecule has 20 heavy (non-hydrogen) atoms. The van der Waals surface area contributed by atoms with Gasteiger partial charge in [0.2, 0.25) is 0 Å². The van der Waals surface area contributed by atoms with Gasteiger partial charge in [-0.1, -0.05) is 0 Å². The number of nitrogens with zero attached hydrogens (tertiary/aromatic N) is 1. The van der Waals surface area contributed by atoms with Gasteiger partial charge in [0, 0.05) is 20.1 Å². The molecule has 0 saturated carbocycles. The summed E-state index contributed by atoms with van der Waals surface area (Å²) >= 11 is 0. The molecule has 1 unspecified atom stereocenters. The van der Waals surface area contributed by atoms with Crippen molar-refractivity contribution >= 4 is 16.2 Å². The zero-order chi connectivity index (χ0) is 15.0. The molecule has 1 aliphatic heterocycles. The number of carbonyl (C=O) groups excluding carboxylic acids is 1. The number of hydrogen-bond acceptors (Lipinski definition) is 5. The van der Waals surface area contributed by atoms with Crippen molar-refractivity contribution in [2.45, 2.75) is 25.7 Å². The number of ether oxygens (including phenoxy) is 1. The van der Waals surface area contributed by atoms with Crippen LogP contribution in [0.15, 0.2) is 0 Å². The van der Waals surface area contributed by atoms with E-state index < -0.39 is 16.2 Å². The Balaban J connectivity index is 2.27. The minimum atomic E-state index is -3.51. The molecule has 7 nitrogen and oxygen atoms in total. The predicted octanol–water partition coefficient (Wildman–Crippen LogP) is -0.295. The summed E-state index contributed by atoms with van der Waals surface area (Å²) in [5, 5.41) is 3.31. The van der Waals surface area contributed by atoms with E-state index in [1.807, 2.05) is 0 Å². The van der Waals surface area contributed by atoms with Gasteiger partial charge in [-0.15, -0.1) is 0 Å². The summed E-state index contributed by atoms with van der Waals surface area (Å²) in [5.74, 6) is 0.118. The lowest BCUT2D eigenvalue weighted by Gasteiger charge is -2.23. The highest BCUT2D eigenvalue weighted by Gasteiger charge is 2.19. The summed E-state index contributed by atoms with van der Waals surface area (Å²) in [4.78, 5) is 11.0. The Morgan fingerprint density at radius 1 is 1.50 bits per heavy atom. The molecule has 0 spiro atoms. The monoisotopic (exact) mass is 307 g/mol. The lowest BCUT2D eigenvalue weighted by atomic mass is 9.96. The molecular weight excluding hydrogens is 282 g/mol. The first-order valence-electron chi connectivity index (χ1n) is 6.94. The SMILES string of the molecule is COC(=O)CCN(C)S(=O)(=O)NCCC1CCCNC1. The Labute approximate surface area is 121 Å². The first-order valence-corrected chi connectivity index (χ1v) is 8.38. The molecule has 0 aromatic carbocycles. The van der Waals surface area contributed by atoms with E-state index in [2.05, 4.69) is 14.8 Å². The number of piperidine rings is 1. The van der Waals surface area contributed by atoms with Crippen LogP contribution < -0.4 is 10.0 Å². The number of carbonyl (C=O) groups is 1. The van der Waals surface area contributed by atoms with Crippen LogP contribution in [-0.2, 0) is 19.7 Å². The first-order chi connectivity index (χ1) is 9.45. The van der Waals surface area contributed by atoms with Gasteiger partial charge < -0.3 is 10.1 Å². The molecule has 1 rings (SSSR count). The highest BCUT2D eigenvalue weighted by Crippen LogP contribution is 2.13. The van der Waals surface area contributed by atoms with Crippen LogP contribution >= 0.6 is 0 Å². The predicted molar refractivity (Wildman–Crippen MR) is 76.4 cm³/mol. The molecule has 1 saturated heterocycles. The van der Waals surface area contributed by atoms with E-state index in [-0.39, 0.29) is 13.0 Å². The van der Waals surface area contributed by atoms with Crippen LogP contribution in [0.3, 0.4) is 0 Å². The van der Waals surface area contributed by atoms with Gasteiger partial charge in [0.1, 0.15) is 0 Å². The Kier molecular flexibility index (Phi) is 7.42. The normalized spacial score (nSPS) is 20.1. The van der Waals surface area contributed by atoms with Crippen molar-refractivity contribution < 1.29 is 17.9 Å². The van der Waals surface area contributed by atoms with Gasteiger partial charge >= 0.3 is 5.97 Å². The van der Waals surface area contributed by atoms with Gasteiger partial charge in [0.05, 0.1) is 13.5 Å². The fourth-order valence-electron chi connectivity index (χ4n) is 2.14. The van der Waals surface area contributed by atoms with E-state index in [9.17, 15) is 13.2 Å². The van der Waals surface area contributed by atoms with Crippen molar-refractivity contribution in [3.8, 4) is 0 Å². The zero-order valence-electron chi connectivity index (χ0n) is 12.2. The van der Waals surface area contributed by atoms with E-state index in [4.69, 9.17) is 0 Å². The standard InChI is InChI=1S/C12H25N3O4S/c1-15(9-6-12(16)19-2)20(17,18)14-8-5-11-4-3-7-13-10-11/h11,13-14H,3-10H2,1-2H3. The van der Waals surface area contributed by atoms with Crippen LogP contribution in [0.1, 0.15) is 25.7 Å². The van der Waals surface area contributed by atoms with Crippen LogP contribution in [-0.4, -0.2) is 59.0 Å². The summed E-state index contributed by atoms with van der Waals surface area (Å²) in [6, 6.07) is 0. The largest absolute Gasteiger partial charge is 0.469 e. The van der Waals surface area contributed by atoms with Crippen molar-refractivity contribution in [2.24, 2.45) is 5.92 Å². The summed E-state index contributed by atoms with van der Waals surface area (Å²) < 4.78 is 32.0. The lowest BCUT2D eigenvalue weighted by molar-refractivity contribution is -0.140. The van der Waals surface area contributed by atoms with Gasteiger partial charge in [-0.2, -0.15) is 12.7 Å². The Bertz CT molecular complexity index is 394. The van der Waals surface area contributed by atoms with Crippen LogP contribution in [0, 0.1) is 5.92 Å². The minimum absolute atomic E-state index is 0.0560. The van der Waals surface area contributed by atoms with Crippen LogP contribution in [0.4, 0.5) is 0 Å². The quantitative estimate of drug-likeness (QED) is 0.602. The summed E-state index contributed by atoms with van der Waals surface area (Å²) in [5.41, 5.74) is 0. The second-order valence-corrected chi connectivity index (χ2v) is 6.91. The van der Waals surface area contributed by atoms with Crippen LogP contribution in [0.2, 0.25) is 0 Å². The third kappa shape index (κ3) is 6.17. The van der Waals surface area contributed by atoms with Crippen molar-refractivity contribution in [3.63, 3.8) is 0 Å². The minimum Gasteiger partial charge on any atom is -0.469 e. The molecule has 8 heteroatoms. The van der Waals surface area contributed by atoms with Gasteiger partial charge in [-0.05, 0) is 38.3 Å². The number of nitrogens with one attached hydrogen (secondary N) is 2. The molecule has 1 heterocycles. The number of hydrogen-bond donors (Lipinski definition) is 2. The second kappa shape index (κ2) is 8.56. The molecule has 0 amide bonds. The molecule has 1 aliphatic rings. The number of methoxy groups -OCH3 is 1. The molecule has 0 aromatic rings. The van der Waals surface area contributed by atoms with E-state index >= 15 is 0 Å². The van der Waals surface area contributed by atoms with E-state index in [1.165, 1.54) is 14.2 Å². The number of esters is 1. The lowest BCUT2D eigenvalue weighted by Crippen LogP contribution is -2.40. The van der Waals surface area contributed by atoms with Crippen LogP contribution in [0.25, 0.3) is 0 Å². The average molecular weight is 307 g/mol. The molecule has 118 valence electrons. The summed E-state index contributed by atoms with van der Waals surface area (Å²) in [7, 11) is -0.773. The van der Waals surface area contributed by atoms with E-state index in [1.54, 1.807) is 0 Å². The molecule has 0 bridgehead atoms. The van der Waals surface area contributed by atoms with Crippen molar-refractivity contribution in [3.05, 3.63) is 0 Å². The second-order valence-electron chi connectivity index (χ2n) is 5.05. The third-order valence-electron chi connectivity index (χ3n) is 3.50. The van der Waals surface area contributed by atoms with Gasteiger partial charge in [-0.25, -0.2) is 4.72 Å². The molecule has 0 aliphatic carbocycles. The Morgan fingerprint density at radius 3 is 2.85 bits per heavy atom. The summed E-state index contributed by atoms with van der Waals surface area (Å²) in [6.07, 6.45) is 3.18. The fourth-order valence-corrected chi connectivity index (χ4v) is 3.07. The van der Waals surface area contributed by atoms with Gasteiger partial charge in [0.25, 0.3) is 10.2 Å². The molecule has 2 N–H and O–H groups in total. The van der Waals surface area contributed by atoms with E-state index in [0.717, 1.165) is 36.7 Å². The van der Waals surface area contributed by atoms with Crippen molar-refractivity contribution in [1.29, 1.82) is 0 Å². The maximum atomic E-state index is 11.9. The molecule has 1 atom stereocenters. The topological polar surface area (TPSA) is 87.7 Å². The highest BCUT2D eigenvalue weighted by molar-refractivity contribution is 7.87. The maximum absolute atomic E-state index is 11.9. The van der Waals surface area contributed by atoms with Crippen molar-refractivity contribution in [2.75, 3.05) is 40.3 Å².